The maximum atomic E-state index is 12.5. The van der Waals surface area contributed by atoms with Crippen LogP contribution in [0.25, 0.3) is 28.4 Å². The van der Waals surface area contributed by atoms with Gasteiger partial charge >= 0.3 is 0 Å². The molecule has 4 heterocycles. The van der Waals surface area contributed by atoms with Crippen molar-refractivity contribution in [2.45, 2.75) is 6.42 Å². The molecule has 0 unspecified atom stereocenters. The summed E-state index contributed by atoms with van der Waals surface area (Å²) in [5.41, 5.74) is 9.87. The summed E-state index contributed by atoms with van der Waals surface area (Å²) in [6, 6.07) is 18.2. The fraction of sp³-hybridized carbons (Fsp3) is 0.194. The lowest BCUT2D eigenvalue weighted by molar-refractivity contribution is 0.0953. The topological polar surface area (TPSA) is 159 Å². The SMILES string of the molecule is Nc1nnc(-c2ccccc2O)cc1N1CCCN(c2ccnc(/C=C/CNC(=O)c3cnc4ccccc4n3)n2)CC1. The zero-order chi connectivity index (χ0) is 29.6. The highest BCUT2D eigenvalue weighted by Gasteiger charge is 2.20. The Morgan fingerprint density at radius 3 is 2.60 bits per heavy atom. The largest absolute Gasteiger partial charge is 0.507 e. The summed E-state index contributed by atoms with van der Waals surface area (Å²) in [6.07, 6.45) is 7.67. The van der Waals surface area contributed by atoms with Gasteiger partial charge in [-0.3, -0.25) is 9.78 Å². The maximum Gasteiger partial charge on any atom is 0.271 e. The summed E-state index contributed by atoms with van der Waals surface area (Å²) in [5.74, 6) is 1.56. The summed E-state index contributed by atoms with van der Waals surface area (Å²) in [4.78, 5) is 34.7. The number of rotatable bonds is 7. The molecule has 2 aromatic carbocycles. The minimum absolute atomic E-state index is 0.143. The van der Waals surface area contributed by atoms with Crippen LogP contribution in [0, 0.1) is 0 Å². The lowest BCUT2D eigenvalue weighted by Gasteiger charge is -2.25. The number of nitrogens with one attached hydrogen (secondary N) is 1. The minimum atomic E-state index is -0.301. The number of carbonyl (C=O) groups excluding carboxylic acids is 1. The summed E-state index contributed by atoms with van der Waals surface area (Å²) < 4.78 is 0. The van der Waals surface area contributed by atoms with Crippen molar-refractivity contribution in [1.29, 1.82) is 0 Å². The van der Waals surface area contributed by atoms with Crippen molar-refractivity contribution in [3.8, 4) is 17.0 Å². The van der Waals surface area contributed by atoms with Crippen LogP contribution in [0.15, 0.2) is 79.1 Å². The number of nitrogens with zero attached hydrogens (tertiary/aromatic N) is 8. The van der Waals surface area contributed by atoms with Crippen molar-refractivity contribution in [2.24, 2.45) is 0 Å². The van der Waals surface area contributed by atoms with Gasteiger partial charge in [-0.05, 0) is 48.9 Å². The lowest BCUT2D eigenvalue weighted by atomic mass is 10.1. The van der Waals surface area contributed by atoms with E-state index in [0.29, 0.717) is 41.5 Å². The first-order chi connectivity index (χ1) is 21.0. The molecule has 1 fully saturated rings. The first kappa shape index (κ1) is 27.5. The highest BCUT2D eigenvalue weighted by molar-refractivity contribution is 5.93. The molecule has 1 saturated heterocycles. The average molecular weight is 575 g/mol. The van der Waals surface area contributed by atoms with Crippen molar-refractivity contribution in [3.05, 3.63) is 90.7 Å². The van der Waals surface area contributed by atoms with Crippen molar-refractivity contribution < 1.29 is 9.90 Å². The number of fused-ring (bicyclic) bond motifs is 1. The van der Waals surface area contributed by atoms with E-state index in [0.717, 1.165) is 43.1 Å². The minimum Gasteiger partial charge on any atom is -0.507 e. The Bertz CT molecular complexity index is 1790. The number of nitrogens with two attached hydrogens (primary N) is 1. The molecule has 1 aliphatic rings. The molecule has 12 nitrogen and oxygen atoms in total. The summed E-state index contributed by atoms with van der Waals surface area (Å²) in [6.45, 7) is 3.31. The van der Waals surface area contributed by atoms with Crippen molar-refractivity contribution in [2.75, 3.05) is 48.3 Å². The monoisotopic (exact) mass is 574 g/mol. The smallest absolute Gasteiger partial charge is 0.271 e. The number of amides is 1. The lowest BCUT2D eigenvalue weighted by Crippen LogP contribution is -2.31. The Morgan fingerprint density at radius 1 is 0.930 bits per heavy atom. The van der Waals surface area contributed by atoms with Gasteiger partial charge in [-0.2, -0.15) is 0 Å². The van der Waals surface area contributed by atoms with E-state index in [1.54, 1.807) is 36.5 Å². The van der Waals surface area contributed by atoms with Crippen LogP contribution in [0.1, 0.15) is 22.7 Å². The third-order valence-corrected chi connectivity index (χ3v) is 7.13. The van der Waals surface area contributed by atoms with E-state index in [1.165, 1.54) is 6.20 Å². The second-order valence-electron chi connectivity index (χ2n) is 9.97. The predicted octanol–water partition coefficient (Wildman–Crippen LogP) is 3.32. The molecule has 3 aromatic heterocycles. The van der Waals surface area contributed by atoms with E-state index >= 15 is 0 Å². The van der Waals surface area contributed by atoms with Crippen molar-refractivity contribution >= 4 is 40.3 Å². The quantitative estimate of drug-likeness (QED) is 0.262. The Morgan fingerprint density at radius 2 is 1.72 bits per heavy atom. The molecule has 0 aliphatic carbocycles. The number of nitrogen functional groups attached to an aromatic ring is 1. The Kier molecular flexibility index (Phi) is 7.98. The fourth-order valence-corrected chi connectivity index (χ4v) is 4.95. The highest BCUT2D eigenvalue weighted by Crippen LogP contribution is 2.31. The second kappa shape index (κ2) is 12.5. The Labute approximate surface area is 248 Å². The molecule has 1 aliphatic heterocycles. The van der Waals surface area contributed by atoms with Crippen LogP contribution in [0.3, 0.4) is 0 Å². The summed E-state index contributed by atoms with van der Waals surface area (Å²) >= 11 is 0. The van der Waals surface area contributed by atoms with Gasteiger partial charge in [-0.15, -0.1) is 10.2 Å². The molecular weight excluding hydrogens is 544 g/mol. The number of para-hydroxylation sites is 3. The molecule has 1 amide bonds. The number of anilines is 3. The molecular formula is C31H30N10O2. The zero-order valence-electron chi connectivity index (χ0n) is 23.3. The number of phenolic OH excluding ortho intramolecular Hbond substituents is 1. The van der Waals surface area contributed by atoms with E-state index in [9.17, 15) is 9.90 Å². The Balaban J connectivity index is 1.07. The third-order valence-electron chi connectivity index (χ3n) is 7.13. The normalized spacial score (nSPS) is 13.8. The van der Waals surface area contributed by atoms with Crippen LogP contribution in [-0.2, 0) is 0 Å². The van der Waals surface area contributed by atoms with Crippen molar-refractivity contribution in [1.82, 2.24) is 35.5 Å². The molecule has 0 atom stereocenters. The van der Waals surface area contributed by atoms with Gasteiger partial charge in [0.25, 0.3) is 5.91 Å². The van der Waals surface area contributed by atoms with Gasteiger partial charge in [0.1, 0.15) is 17.3 Å². The van der Waals surface area contributed by atoms with Crippen LogP contribution in [0.2, 0.25) is 0 Å². The second-order valence-corrected chi connectivity index (χ2v) is 9.97. The molecule has 216 valence electrons. The van der Waals surface area contributed by atoms with Gasteiger partial charge < -0.3 is 26.0 Å². The van der Waals surface area contributed by atoms with E-state index in [4.69, 9.17) is 10.7 Å². The van der Waals surface area contributed by atoms with Gasteiger partial charge in [0.05, 0.1) is 28.6 Å². The zero-order valence-corrected chi connectivity index (χ0v) is 23.3. The molecule has 12 heteroatoms. The van der Waals surface area contributed by atoms with Crippen LogP contribution in [0.4, 0.5) is 17.3 Å². The number of hydrogen-bond donors (Lipinski definition) is 3. The maximum absolute atomic E-state index is 12.5. The number of phenols is 1. The molecule has 0 bridgehead atoms. The Hall–Kier alpha value is -5.65. The van der Waals surface area contributed by atoms with E-state index < -0.39 is 0 Å². The highest BCUT2D eigenvalue weighted by atomic mass is 16.3. The van der Waals surface area contributed by atoms with E-state index in [2.05, 4.69) is 40.3 Å². The number of aromatic hydroxyl groups is 1. The molecule has 0 spiro atoms. The van der Waals surface area contributed by atoms with Crippen LogP contribution < -0.4 is 20.9 Å². The van der Waals surface area contributed by atoms with Crippen molar-refractivity contribution in [3.63, 3.8) is 0 Å². The van der Waals surface area contributed by atoms with Crippen LogP contribution in [-0.4, -0.2) is 73.9 Å². The predicted molar refractivity (Wildman–Crippen MR) is 166 cm³/mol. The van der Waals surface area contributed by atoms with Crippen LogP contribution >= 0.6 is 0 Å². The summed E-state index contributed by atoms with van der Waals surface area (Å²) in [5, 5.41) is 21.5. The standard InChI is InChI=1S/C31H30N10O2/c32-30-26(19-24(38-39-30)21-7-1-4-10-27(21)42)40-15-6-16-41(18-17-40)29-12-14-33-28(37-29)11-5-13-34-31(43)25-20-35-22-8-2-3-9-23(22)36-25/h1-5,7-12,14,19-20,42H,6,13,15-18H2,(H2,32,39)(H,34,43)/b11-5+. The van der Waals surface area contributed by atoms with E-state index in [-0.39, 0.29) is 17.4 Å². The molecule has 43 heavy (non-hydrogen) atoms. The van der Waals surface area contributed by atoms with Gasteiger partial charge in [0.2, 0.25) is 0 Å². The molecule has 4 N–H and O–H groups in total. The van der Waals surface area contributed by atoms with Gasteiger partial charge in [-0.25, -0.2) is 15.0 Å². The third kappa shape index (κ3) is 6.32. The van der Waals surface area contributed by atoms with Gasteiger partial charge in [0.15, 0.2) is 11.6 Å². The molecule has 6 rings (SSSR count). The van der Waals surface area contributed by atoms with E-state index in [1.807, 2.05) is 42.5 Å². The van der Waals surface area contributed by atoms with Gasteiger partial charge in [-0.1, -0.05) is 30.3 Å². The molecule has 0 radical (unpaired) electrons. The number of benzene rings is 2. The number of aromatic nitrogens is 6. The molecule has 5 aromatic rings. The number of carbonyl (C=O) groups is 1. The fourth-order valence-electron chi connectivity index (χ4n) is 4.95. The first-order valence-corrected chi connectivity index (χ1v) is 14.0. The summed E-state index contributed by atoms with van der Waals surface area (Å²) in [7, 11) is 0. The first-order valence-electron chi connectivity index (χ1n) is 14.0. The number of hydrogen-bond acceptors (Lipinski definition) is 11. The van der Waals surface area contributed by atoms with Crippen LogP contribution in [0.5, 0.6) is 5.75 Å². The average Bonchev–Trinajstić information content (AvgIpc) is 3.30. The molecule has 0 saturated carbocycles. The van der Waals surface area contributed by atoms with Gasteiger partial charge in [0, 0.05) is 44.5 Å².